The van der Waals surface area contributed by atoms with Gasteiger partial charge in [0.15, 0.2) is 5.75 Å². The molecule has 1 aromatic carbocycles. The first-order valence-electron chi connectivity index (χ1n) is 8.41. The van der Waals surface area contributed by atoms with Crippen LogP contribution < -0.4 is 9.47 Å². The third kappa shape index (κ3) is 11.6. The van der Waals surface area contributed by atoms with Crippen LogP contribution in [0.2, 0.25) is 10.0 Å². The van der Waals surface area contributed by atoms with Crippen molar-refractivity contribution in [2.75, 3.05) is 26.4 Å². The number of halogens is 4. The van der Waals surface area contributed by atoms with Crippen molar-refractivity contribution in [3.63, 3.8) is 0 Å². The zero-order valence-corrected chi connectivity index (χ0v) is 18.2. The normalized spacial score (nSPS) is 11.1. The highest BCUT2D eigenvalue weighted by Gasteiger charge is 2.10. The van der Waals surface area contributed by atoms with Crippen LogP contribution in [0.1, 0.15) is 26.7 Å². The second kappa shape index (κ2) is 14.2. The molecule has 5 nitrogen and oxygen atoms in total. The van der Waals surface area contributed by atoms with Gasteiger partial charge >= 0.3 is 0 Å². The number of hydrogen-bond acceptors (Lipinski definition) is 5. The van der Waals surface area contributed by atoms with E-state index in [-0.39, 0.29) is 17.2 Å². The van der Waals surface area contributed by atoms with Crippen molar-refractivity contribution in [1.82, 2.24) is 0 Å². The first-order chi connectivity index (χ1) is 12.9. The highest BCUT2D eigenvalue weighted by Crippen LogP contribution is 2.37. The van der Waals surface area contributed by atoms with Crippen molar-refractivity contribution in [3.8, 4) is 11.5 Å². The molecule has 0 fully saturated rings. The minimum Gasteiger partial charge on any atom is -0.490 e. The van der Waals surface area contributed by atoms with Crippen LogP contribution in [-0.4, -0.2) is 38.7 Å². The van der Waals surface area contributed by atoms with Crippen molar-refractivity contribution in [2.45, 2.75) is 32.8 Å². The maximum atomic E-state index is 6.20. The number of benzene rings is 1. The fourth-order valence-electron chi connectivity index (χ4n) is 1.77. The van der Waals surface area contributed by atoms with Crippen LogP contribution in [0.15, 0.2) is 27.9 Å². The number of ether oxygens (including phenoxy) is 3. The Kier molecular flexibility index (Phi) is 12.7. The number of nitrogens with zero attached hydrogens (tertiary/aromatic N) is 1. The summed E-state index contributed by atoms with van der Waals surface area (Å²) in [4.78, 5) is 5.02. The van der Waals surface area contributed by atoms with Crippen molar-refractivity contribution in [3.05, 3.63) is 32.7 Å². The van der Waals surface area contributed by atoms with Crippen LogP contribution in [0, 0.1) is 0 Å². The highest BCUT2D eigenvalue weighted by atomic mass is 35.5. The van der Waals surface area contributed by atoms with Crippen LogP contribution >= 0.6 is 46.4 Å². The van der Waals surface area contributed by atoms with Crippen molar-refractivity contribution in [1.29, 1.82) is 0 Å². The molecule has 152 valence electrons. The standard InChI is InChI=1S/C18H23Cl4NO4/c1-13(2)27-23-6-10-24-7-3-4-8-26-18-15(19)11-14(12-16(18)20)25-9-5-17(21)22/h5-6,11-13H,3-4,7-10H2,1-2H3. The van der Waals surface area contributed by atoms with Crippen LogP contribution in [0.4, 0.5) is 0 Å². The summed E-state index contributed by atoms with van der Waals surface area (Å²) < 4.78 is 16.6. The number of hydrogen-bond donors (Lipinski definition) is 0. The molecule has 0 radical (unpaired) electrons. The number of rotatable bonds is 13. The van der Waals surface area contributed by atoms with Gasteiger partial charge in [0.1, 0.15) is 23.0 Å². The summed E-state index contributed by atoms with van der Waals surface area (Å²) in [5.74, 6) is 0.926. The minimum atomic E-state index is 0.0682. The summed E-state index contributed by atoms with van der Waals surface area (Å²) in [5, 5.41) is 4.51. The average molecular weight is 459 g/mol. The molecule has 0 bridgehead atoms. The van der Waals surface area contributed by atoms with Gasteiger partial charge in [-0.25, -0.2) is 0 Å². The Morgan fingerprint density at radius 1 is 1.04 bits per heavy atom. The van der Waals surface area contributed by atoms with Crippen LogP contribution in [0.5, 0.6) is 11.5 Å². The SMILES string of the molecule is CC(C)ON=CCOCCCCOc1c(Cl)cc(OCC=C(Cl)Cl)cc1Cl. The van der Waals surface area contributed by atoms with Crippen molar-refractivity contribution in [2.24, 2.45) is 5.16 Å². The lowest BCUT2D eigenvalue weighted by Gasteiger charge is -2.12. The van der Waals surface area contributed by atoms with Gasteiger partial charge in [0.25, 0.3) is 0 Å². The Balaban J connectivity index is 2.26. The van der Waals surface area contributed by atoms with E-state index in [4.69, 9.17) is 65.5 Å². The molecule has 0 N–H and O–H groups in total. The maximum Gasteiger partial charge on any atom is 0.156 e. The fourth-order valence-corrected chi connectivity index (χ4v) is 2.47. The Morgan fingerprint density at radius 3 is 2.33 bits per heavy atom. The molecule has 0 amide bonds. The monoisotopic (exact) mass is 457 g/mol. The van der Waals surface area contributed by atoms with Gasteiger partial charge in [-0.2, -0.15) is 0 Å². The fraction of sp³-hybridized carbons (Fsp3) is 0.500. The molecule has 0 atom stereocenters. The van der Waals surface area contributed by atoms with Gasteiger partial charge < -0.3 is 19.0 Å². The van der Waals surface area contributed by atoms with Crippen molar-refractivity contribution < 1.29 is 19.0 Å². The van der Waals surface area contributed by atoms with Gasteiger partial charge in [-0.15, -0.1) is 0 Å². The molecule has 0 saturated carbocycles. The molecule has 0 aliphatic heterocycles. The zero-order valence-electron chi connectivity index (χ0n) is 15.2. The predicted octanol–water partition coefficient (Wildman–Crippen LogP) is 6.28. The Hall–Kier alpha value is -0.850. The van der Waals surface area contributed by atoms with Gasteiger partial charge in [-0.3, -0.25) is 0 Å². The van der Waals surface area contributed by atoms with E-state index in [0.29, 0.717) is 41.4 Å². The molecular weight excluding hydrogens is 436 g/mol. The number of unbranched alkanes of at least 4 members (excludes halogenated alkanes) is 1. The predicted molar refractivity (Wildman–Crippen MR) is 112 cm³/mol. The largest absolute Gasteiger partial charge is 0.490 e. The second-order valence-corrected chi connectivity index (χ2v) is 7.42. The quantitative estimate of drug-likeness (QED) is 0.198. The first kappa shape index (κ1) is 24.2. The molecule has 0 aliphatic rings. The molecule has 1 rings (SSSR count). The highest BCUT2D eigenvalue weighted by molar-refractivity contribution is 6.55. The molecule has 0 heterocycles. The third-order valence-corrected chi connectivity index (χ3v) is 3.80. The molecule has 1 aromatic rings. The molecule has 27 heavy (non-hydrogen) atoms. The Labute approximate surface area is 180 Å². The van der Waals surface area contributed by atoms with E-state index < -0.39 is 0 Å². The lowest BCUT2D eigenvalue weighted by molar-refractivity contribution is 0.0839. The smallest absolute Gasteiger partial charge is 0.156 e. The minimum absolute atomic E-state index is 0.0682. The Morgan fingerprint density at radius 2 is 1.70 bits per heavy atom. The topological polar surface area (TPSA) is 49.3 Å². The molecule has 0 aromatic heterocycles. The summed E-state index contributed by atoms with van der Waals surface area (Å²) in [5.41, 5.74) is 0. The van der Waals surface area contributed by atoms with E-state index in [9.17, 15) is 0 Å². The van der Waals surface area contributed by atoms with E-state index in [2.05, 4.69) is 5.16 Å². The molecule has 0 spiro atoms. The maximum absolute atomic E-state index is 6.20. The van der Waals surface area contributed by atoms with Gasteiger partial charge in [0.05, 0.1) is 29.5 Å². The lowest BCUT2D eigenvalue weighted by atomic mass is 10.3. The van der Waals surface area contributed by atoms with Gasteiger partial charge in [-0.05, 0) is 32.8 Å². The van der Waals surface area contributed by atoms with Crippen LogP contribution in [-0.2, 0) is 9.57 Å². The molecule has 0 saturated heterocycles. The summed E-state index contributed by atoms with van der Waals surface area (Å²) in [6.07, 6.45) is 4.81. The van der Waals surface area contributed by atoms with Crippen LogP contribution in [0.25, 0.3) is 0 Å². The van der Waals surface area contributed by atoms with E-state index in [1.807, 2.05) is 13.8 Å². The zero-order chi connectivity index (χ0) is 20.1. The summed E-state index contributed by atoms with van der Waals surface area (Å²) in [6.45, 7) is 5.51. The summed E-state index contributed by atoms with van der Waals surface area (Å²) in [6, 6.07) is 3.25. The van der Waals surface area contributed by atoms with Crippen molar-refractivity contribution >= 4 is 52.6 Å². The van der Waals surface area contributed by atoms with E-state index >= 15 is 0 Å². The lowest BCUT2D eigenvalue weighted by Crippen LogP contribution is -2.04. The third-order valence-electron chi connectivity index (χ3n) is 2.93. The van der Waals surface area contributed by atoms with Gasteiger partial charge in [0, 0.05) is 18.7 Å². The molecule has 0 unspecified atom stereocenters. The summed E-state index contributed by atoms with van der Waals surface area (Å²) >= 11 is 23.4. The second-order valence-electron chi connectivity index (χ2n) is 5.59. The first-order valence-corrected chi connectivity index (χ1v) is 9.92. The molecule has 9 heteroatoms. The molecular formula is C18H23Cl4NO4. The molecule has 0 aliphatic carbocycles. The van der Waals surface area contributed by atoms with E-state index in [1.165, 1.54) is 6.08 Å². The van der Waals surface area contributed by atoms with E-state index in [0.717, 1.165) is 12.8 Å². The number of oxime groups is 1. The van der Waals surface area contributed by atoms with Gasteiger partial charge in [0.2, 0.25) is 0 Å². The van der Waals surface area contributed by atoms with E-state index in [1.54, 1.807) is 18.3 Å². The van der Waals surface area contributed by atoms with Gasteiger partial charge in [-0.1, -0.05) is 51.6 Å². The summed E-state index contributed by atoms with van der Waals surface area (Å²) in [7, 11) is 0. The van der Waals surface area contributed by atoms with Crippen LogP contribution in [0.3, 0.4) is 0 Å². The average Bonchev–Trinajstić information content (AvgIpc) is 2.58. The Bertz CT molecular complexity index is 596.